The average molecular weight is 308 g/mol. The third-order valence-electron chi connectivity index (χ3n) is 2.90. The van der Waals surface area contributed by atoms with E-state index in [-0.39, 0.29) is 22.5 Å². The fourth-order valence-electron chi connectivity index (χ4n) is 1.77. The summed E-state index contributed by atoms with van der Waals surface area (Å²) in [5.41, 5.74) is -0.320. The number of nitrogens with zero attached hydrogens (tertiary/aromatic N) is 1. The molecule has 1 aromatic heterocycles. The van der Waals surface area contributed by atoms with Crippen molar-refractivity contribution in [2.75, 3.05) is 11.6 Å². The summed E-state index contributed by atoms with van der Waals surface area (Å²) in [7, 11) is 1.45. The van der Waals surface area contributed by atoms with Crippen molar-refractivity contribution in [1.82, 2.24) is 4.57 Å². The van der Waals surface area contributed by atoms with Gasteiger partial charge in [0.1, 0.15) is 5.82 Å². The van der Waals surface area contributed by atoms with Crippen molar-refractivity contribution in [1.29, 1.82) is 0 Å². The fourth-order valence-corrected chi connectivity index (χ4v) is 2.20. The largest absolute Gasteiger partial charge is 0.478 e. The zero-order valence-electron chi connectivity index (χ0n) is 11.4. The van der Waals surface area contributed by atoms with Crippen molar-refractivity contribution >= 4 is 29.1 Å². The van der Waals surface area contributed by atoms with Crippen LogP contribution in [0.3, 0.4) is 0 Å². The molecule has 0 aliphatic heterocycles. The van der Waals surface area contributed by atoms with E-state index in [0.29, 0.717) is 0 Å². The quantitative estimate of drug-likeness (QED) is 0.850. The Morgan fingerprint density at radius 1 is 1.33 bits per heavy atom. The Bertz CT molecular complexity index is 758. The molecule has 1 aromatic carbocycles. The first kappa shape index (κ1) is 15.1. The lowest BCUT2D eigenvalue weighted by Crippen LogP contribution is -2.19. The van der Waals surface area contributed by atoms with Gasteiger partial charge >= 0.3 is 5.97 Å². The Balaban J connectivity index is 2.46. The first-order valence-electron chi connectivity index (χ1n) is 5.97. The number of pyridine rings is 1. The maximum atomic E-state index is 13.9. The van der Waals surface area contributed by atoms with Gasteiger partial charge in [0.25, 0.3) is 5.56 Å². The third-order valence-corrected chi connectivity index (χ3v) is 3.63. The Labute approximate surface area is 124 Å². The van der Waals surface area contributed by atoms with E-state index >= 15 is 0 Å². The Kier molecular flexibility index (Phi) is 4.32. The zero-order chi connectivity index (χ0) is 15.6. The van der Waals surface area contributed by atoms with Crippen LogP contribution in [0.4, 0.5) is 15.8 Å². The molecule has 0 aliphatic carbocycles. The molecule has 7 heteroatoms. The predicted octanol–water partition coefficient (Wildman–Crippen LogP) is 2.69. The number of thioether (sulfide) groups is 1. The van der Waals surface area contributed by atoms with Crippen molar-refractivity contribution in [3.05, 3.63) is 52.2 Å². The lowest BCUT2D eigenvalue weighted by Gasteiger charge is -2.12. The molecule has 110 valence electrons. The highest BCUT2D eigenvalue weighted by molar-refractivity contribution is 7.98. The topological polar surface area (TPSA) is 71.3 Å². The lowest BCUT2D eigenvalue weighted by atomic mass is 10.2. The minimum absolute atomic E-state index is 0.0569. The second-order valence-electron chi connectivity index (χ2n) is 4.33. The lowest BCUT2D eigenvalue weighted by molar-refractivity contribution is 0.0697. The van der Waals surface area contributed by atoms with Gasteiger partial charge in [-0.2, -0.15) is 0 Å². The van der Waals surface area contributed by atoms with Crippen molar-refractivity contribution in [3.8, 4) is 0 Å². The molecule has 0 fully saturated rings. The van der Waals surface area contributed by atoms with Gasteiger partial charge in [-0.15, -0.1) is 11.8 Å². The number of hydrogen-bond acceptors (Lipinski definition) is 4. The Morgan fingerprint density at radius 2 is 2.05 bits per heavy atom. The molecular weight excluding hydrogens is 295 g/mol. The average Bonchev–Trinajstić information content (AvgIpc) is 2.44. The number of rotatable bonds is 4. The summed E-state index contributed by atoms with van der Waals surface area (Å²) in [5.74, 6) is -1.71. The summed E-state index contributed by atoms with van der Waals surface area (Å²) < 4.78 is 15.1. The van der Waals surface area contributed by atoms with Crippen LogP contribution in [0, 0.1) is 5.82 Å². The van der Waals surface area contributed by atoms with E-state index in [2.05, 4.69) is 5.32 Å². The summed E-state index contributed by atoms with van der Waals surface area (Å²) in [6.45, 7) is 0. The first-order valence-corrected chi connectivity index (χ1v) is 7.19. The fraction of sp³-hybridized carbons (Fsp3) is 0.143. The number of nitrogens with one attached hydrogen (secondary N) is 1. The summed E-state index contributed by atoms with van der Waals surface area (Å²) in [4.78, 5) is 23.6. The monoisotopic (exact) mass is 308 g/mol. The molecule has 0 saturated carbocycles. The van der Waals surface area contributed by atoms with Gasteiger partial charge in [-0.1, -0.05) is 0 Å². The Hall–Kier alpha value is -2.28. The van der Waals surface area contributed by atoms with Gasteiger partial charge in [-0.25, -0.2) is 9.18 Å². The van der Waals surface area contributed by atoms with Crippen molar-refractivity contribution in [2.45, 2.75) is 4.90 Å². The van der Waals surface area contributed by atoms with Crippen LogP contribution in [0.2, 0.25) is 0 Å². The van der Waals surface area contributed by atoms with Crippen LogP contribution in [0.25, 0.3) is 0 Å². The molecule has 2 N–H and O–H groups in total. The highest BCUT2D eigenvalue weighted by atomic mass is 32.2. The molecule has 0 bridgehead atoms. The third kappa shape index (κ3) is 3.25. The standard InChI is InChI=1S/C14H13FN2O3S/c1-17-7-9(14(19)20)12(6-13(17)18)16-11-4-3-8(21-2)5-10(11)15/h3-7,16H,1-2H3,(H,19,20). The van der Waals surface area contributed by atoms with E-state index < -0.39 is 11.8 Å². The minimum Gasteiger partial charge on any atom is -0.478 e. The summed E-state index contributed by atoms with van der Waals surface area (Å²) in [6, 6.07) is 5.68. The Morgan fingerprint density at radius 3 is 2.62 bits per heavy atom. The highest BCUT2D eigenvalue weighted by Gasteiger charge is 2.14. The van der Waals surface area contributed by atoms with Crippen LogP contribution in [0.1, 0.15) is 10.4 Å². The minimum atomic E-state index is -1.20. The molecule has 0 spiro atoms. The normalized spacial score (nSPS) is 10.4. The smallest absolute Gasteiger partial charge is 0.339 e. The first-order chi connectivity index (χ1) is 9.92. The molecule has 0 unspecified atom stereocenters. The van der Waals surface area contributed by atoms with Gasteiger partial charge in [0.05, 0.1) is 16.9 Å². The maximum Gasteiger partial charge on any atom is 0.339 e. The second-order valence-corrected chi connectivity index (χ2v) is 5.21. The van der Waals surface area contributed by atoms with E-state index in [1.54, 1.807) is 6.07 Å². The predicted molar refractivity (Wildman–Crippen MR) is 80.1 cm³/mol. The molecule has 0 radical (unpaired) electrons. The molecule has 2 rings (SSSR count). The van der Waals surface area contributed by atoms with Crippen LogP contribution in [0.5, 0.6) is 0 Å². The molecule has 0 amide bonds. The molecule has 0 atom stereocenters. The van der Waals surface area contributed by atoms with Crippen LogP contribution >= 0.6 is 11.8 Å². The number of carboxylic acid groups (broad SMARTS) is 1. The van der Waals surface area contributed by atoms with Gasteiger partial charge in [-0.3, -0.25) is 4.79 Å². The molecule has 0 saturated heterocycles. The second kappa shape index (κ2) is 6.01. The van der Waals surface area contributed by atoms with Crippen molar-refractivity contribution in [2.24, 2.45) is 7.05 Å². The summed E-state index contributed by atoms with van der Waals surface area (Å²) in [6.07, 6.45) is 3.02. The SMILES string of the molecule is CSc1ccc(Nc2cc(=O)n(C)cc2C(=O)O)c(F)c1. The molecule has 2 aromatic rings. The maximum absolute atomic E-state index is 13.9. The molecule has 5 nitrogen and oxygen atoms in total. The number of carbonyl (C=O) groups is 1. The molecule has 0 aliphatic rings. The summed E-state index contributed by atoms with van der Waals surface area (Å²) >= 11 is 1.40. The zero-order valence-corrected chi connectivity index (χ0v) is 12.2. The van der Waals surface area contributed by atoms with E-state index in [9.17, 15) is 14.0 Å². The molecular formula is C14H13FN2O3S. The van der Waals surface area contributed by atoms with Gasteiger partial charge in [0.2, 0.25) is 0 Å². The van der Waals surface area contributed by atoms with Crippen LogP contribution in [0.15, 0.2) is 40.2 Å². The van der Waals surface area contributed by atoms with Gasteiger partial charge in [0, 0.05) is 24.2 Å². The molecule has 1 heterocycles. The number of aromatic nitrogens is 1. The van der Waals surface area contributed by atoms with Crippen LogP contribution < -0.4 is 10.9 Å². The van der Waals surface area contributed by atoms with Crippen LogP contribution in [-0.4, -0.2) is 21.9 Å². The van der Waals surface area contributed by atoms with Gasteiger partial charge in [-0.05, 0) is 24.5 Å². The van der Waals surface area contributed by atoms with E-state index in [1.807, 2.05) is 6.26 Å². The number of aromatic carboxylic acids is 1. The number of benzene rings is 1. The number of hydrogen-bond donors (Lipinski definition) is 2. The number of halogens is 1. The molecule has 21 heavy (non-hydrogen) atoms. The number of aryl methyl sites for hydroxylation is 1. The van der Waals surface area contributed by atoms with Crippen LogP contribution in [-0.2, 0) is 7.05 Å². The van der Waals surface area contributed by atoms with E-state index in [1.165, 1.54) is 37.1 Å². The highest BCUT2D eigenvalue weighted by Crippen LogP contribution is 2.25. The van der Waals surface area contributed by atoms with E-state index in [0.717, 1.165) is 15.5 Å². The van der Waals surface area contributed by atoms with Gasteiger partial charge < -0.3 is 15.0 Å². The summed E-state index contributed by atoms with van der Waals surface area (Å²) in [5, 5.41) is 11.8. The number of carboxylic acids is 1. The van der Waals surface area contributed by atoms with Gasteiger partial charge in [0.15, 0.2) is 0 Å². The van der Waals surface area contributed by atoms with Crippen molar-refractivity contribution in [3.63, 3.8) is 0 Å². The van der Waals surface area contributed by atoms with E-state index in [4.69, 9.17) is 5.11 Å². The van der Waals surface area contributed by atoms with Crippen molar-refractivity contribution < 1.29 is 14.3 Å². The number of anilines is 2.